The lowest BCUT2D eigenvalue weighted by molar-refractivity contribution is -0.142. The number of esters is 1. The Labute approximate surface area is 159 Å². The number of halogens is 1. The number of ether oxygens (including phenoxy) is 2. The highest BCUT2D eigenvalue weighted by Crippen LogP contribution is 2.28. The number of anilines is 1. The van der Waals surface area contributed by atoms with E-state index < -0.39 is 24.0 Å². The van der Waals surface area contributed by atoms with Crippen LogP contribution < -0.4 is 10.2 Å². The van der Waals surface area contributed by atoms with Crippen LogP contribution >= 0.6 is 11.8 Å². The Morgan fingerprint density at radius 1 is 1.41 bits per heavy atom. The van der Waals surface area contributed by atoms with Crippen LogP contribution in [0.1, 0.15) is 13.3 Å². The monoisotopic (exact) mass is 398 g/mol. The molecule has 1 aromatic carbocycles. The molecule has 1 aliphatic rings. The highest BCUT2D eigenvalue weighted by atomic mass is 32.2. The van der Waals surface area contributed by atoms with Gasteiger partial charge in [0.25, 0.3) is 0 Å². The number of nitrogens with zero attached hydrogens (tertiary/aromatic N) is 1. The second kappa shape index (κ2) is 9.36. The first-order valence-electron chi connectivity index (χ1n) is 8.03. The van der Waals surface area contributed by atoms with Crippen molar-refractivity contribution in [1.29, 1.82) is 0 Å². The number of amides is 2. The van der Waals surface area contributed by atoms with Gasteiger partial charge in [0.15, 0.2) is 5.78 Å². The Bertz CT molecular complexity index is 757. The fourth-order valence-corrected chi connectivity index (χ4v) is 3.09. The smallest absolute Gasteiger partial charge is 0.414 e. The second-order valence-corrected chi connectivity index (χ2v) is 6.77. The predicted octanol–water partition coefficient (Wildman–Crippen LogP) is 1.51. The third kappa shape index (κ3) is 5.95. The minimum absolute atomic E-state index is 0.0735. The maximum Gasteiger partial charge on any atom is 0.414 e. The number of hydrogen-bond donors (Lipinski definition) is 1. The summed E-state index contributed by atoms with van der Waals surface area (Å²) in [4.78, 5) is 47.0. The molecule has 0 saturated carbocycles. The van der Waals surface area contributed by atoms with Crippen molar-refractivity contribution >= 4 is 41.2 Å². The first kappa shape index (κ1) is 20.7. The number of nitrogens with one attached hydrogen (secondary N) is 1. The fourth-order valence-electron chi connectivity index (χ4n) is 2.31. The number of rotatable bonds is 8. The van der Waals surface area contributed by atoms with Crippen LogP contribution in [0.2, 0.25) is 0 Å². The quantitative estimate of drug-likeness (QED) is 0.402. The fraction of sp³-hybridized carbons (Fsp3) is 0.412. The van der Waals surface area contributed by atoms with Gasteiger partial charge in [-0.15, -0.1) is 11.8 Å². The average Bonchev–Trinajstić information content (AvgIpc) is 2.99. The summed E-state index contributed by atoms with van der Waals surface area (Å²) in [6.07, 6.45) is -1.51. The number of carbonyl (C=O) groups excluding carboxylic acids is 4. The molecule has 10 heteroatoms. The van der Waals surface area contributed by atoms with Crippen molar-refractivity contribution < 1.29 is 33.0 Å². The van der Waals surface area contributed by atoms with E-state index in [4.69, 9.17) is 4.74 Å². The zero-order valence-corrected chi connectivity index (χ0v) is 15.6. The van der Waals surface area contributed by atoms with Crippen LogP contribution in [0, 0.1) is 5.82 Å². The average molecular weight is 398 g/mol. The van der Waals surface area contributed by atoms with Gasteiger partial charge in [-0.05, 0) is 18.2 Å². The number of Topliss-reactive ketones (excluding diaryl/α,β-unsaturated/α-hetero) is 1. The normalized spacial score (nSPS) is 16.0. The number of cyclic esters (lactones) is 1. The molecule has 0 aliphatic carbocycles. The zero-order chi connectivity index (χ0) is 20.0. The summed E-state index contributed by atoms with van der Waals surface area (Å²) in [6, 6.07) is 4.17. The number of carbonyl (C=O) groups is 4. The maximum absolute atomic E-state index is 14.3. The van der Waals surface area contributed by atoms with Crippen molar-refractivity contribution in [2.75, 3.05) is 30.9 Å². The molecule has 0 radical (unpaired) electrons. The molecule has 1 atom stereocenters. The van der Waals surface area contributed by atoms with Gasteiger partial charge in [0.05, 0.1) is 31.6 Å². The van der Waals surface area contributed by atoms with Gasteiger partial charge in [0.1, 0.15) is 18.3 Å². The van der Waals surface area contributed by atoms with Gasteiger partial charge in [-0.1, -0.05) is 0 Å². The van der Waals surface area contributed by atoms with Gasteiger partial charge in [-0.25, -0.2) is 9.18 Å². The summed E-state index contributed by atoms with van der Waals surface area (Å²) < 4.78 is 23.8. The molecule has 1 fully saturated rings. The highest BCUT2D eigenvalue weighted by molar-refractivity contribution is 8.00. The van der Waals surface area contributed by atoms with Crippen molar-refractivity contribution in [3.05, 3.63) is 24.0 Å². The van der Waals surface area contributed by atoms with Crippen LogP contribution in [0.15, 0.2) is 23.1 Å². The summed E-state index contributed by atoms with van der Waals surface area (Å²) in [6.45, 7) is 1.72. The molecule has 1 N–H and O–H groups in total. The SMILES string of the molecule is COC(=O)CC(=O)CSc1ccc(N2C[C@H](CNC(C)=O)OC2=O)cc1F. The third-order valence-electron chi connectivity index (χ3n) is 3.64. The molecule has 27 heavy (non-hydrogen) atoms. The second-order valence-electron chi connectivity index (χ2n) is 5.75. The van der Waals surface area contributed by atoms with Gasteiger partial charge in [0.2, 0.25) is 5.91 Å². The van der Waals surface area contributed by atoms with Gasteiger partial charge in [0, 0.05) is 11.8 Å². The zero-order valence-electron chi connectivity index (χ0n) is 14.8. The number of ketones is 1. The lowest BCUT2D eigenvalue weighted by Crippen LogP contribution is -2.33. The number of benzene rings is 1. The largest absolute Gasteiger partial charge is 0.469 e. The Balaban J connectivity index is 1.96. The predicted molar refractivity (Wildman–Crippen MR) is 95.1 cm³/mol. The number of thioether (sulfide) groups is 1. The van der Waals surface area contributed by atoms with E-state index in [-0.39, 0.29) is 41.8 Å². The maximum atomic E-state index is 14.3. The molecular formula is C17H19FN2O6S. The molecule has 1 heterocycles. The lowest BCUT2D eigenvalue weighted by atomic mass is 10.2. The van der Waals surface area contributed by atoms with E-state index in [1.807, 2.05) is 0 Å². The molecule has 0 aromatic heterocycles. The summed E-state index contributed by atoms with van der Waals surface area (Å²) in [5, 5.41) is 2.56. The molecule has 1 aromatic rings. The standard InChI is InChI=1S/C17H19FN2O6S/c1-10(21)19-7-13-8-20(17(24)26-13)11-3-4-15(14(18)5-11)27-9-12(22)6-16(23)25-2/h3-5,13H,6-9H2,1-2H3,(H,19,21)/t13-/m0/s1. The van der Waals surface area contributed by atoms with Crippen molar-refractivity contribution in [3.8, 4) is 0 Å². The summed E-state index contributed by atoms with van der Waals surface area (Å²) in [5.74, 6) is -1.92. The summed E-state index contributed by atoms with van der Waals surface area (Å²) >= 11 is 0.957. The van der Waals surface area contributed by atoms with Crippen LogP contribution in [-0.4, -0.2) is 55.8 Å². The Morgan fingerprint density at radius 2 is 2.15 bits per heavy atom. The van der Waals surface area contributed by atoms with Gasteiger partial charge in [-0.2, -0.15) is 0 Å². The van der Waals surface area contributed by atoms with Crippen molar-refractivity contribution in [1.82, 2.24) is 5.32 Å². The van der Waals surface area contributed by atoms with E-state index in [2.05, 4.69) is 10.1 Å². The summed E-state index contributed by atoms with van der Waals surface area (Å²) in [7, 11) is 1.19. The van der Waals surface area contributed by atoms with Gasteiger partial charge in [-0.3, -0.25) is 19.3 Å². The molecule has 2 rings (SSSR count). The first-order chi connectivity index (χ1) is 12.8. The van der Waals surface area contributed by atoms with Crippen molar-refractivity contribution in [3.63, 3.8) is 0 Å². The van der Waals surface area contributed by atoms with E-state index in [1.54, 1.807) is 0 Å². The first-order valence-corrected chi connectivity index (χ1v) is 9.02. The van der Waals surface area contributed by atoms with Crippen LogP contribution in [0.3, 0.4) is 0 Å². The highest BCUT2D eigenvalue weighted by Gasteiger charge is 2.32. The molecule has 0 bridgehead atoms. The Morgan fingerprint density at radius 3 is 2.78 bits per heavy atom. The molecule has 2 amide bonds. The summed E-state index contributed by atoms with van der Waals surface area (Å²) in [5.41, 5.74) is 0.313. The molecule has 8 nitrogen and oxygen atoms in total. The Kier molecular flexibility index (Phi) is 7.17. The minimum Gasteiger partial charge on any atom is -0.469 e. The van der Waals surface area contributed by atoms with Crippen LogP contribution in [0.4, 0.5) is 14.9 Å². The third-order valence-corrected chi connectivity index (χ3v) is 4.75. The van der Waals surface area contributed by atoms with Crippen molar-refractivity contribution in [2.24, 2.45) is 0 Å². The van der Waals surface area contributed by atoms with Gasteiger partial charge >= 0.3 is 12.1 Å². The molecule has 1 saturated heterocycles. The van der Waals surface area contributed by atoms with E-state index in [0.717, 1.165) is 11.8 Å². The minimum atomic E-state index is -0.641. The van der Waals surface area contributed by atoms with Crippen LogP contribution in [-0.2, 0) is 23.9 Å². The number of methoxy groups -OCH3 is 1. The molecular weight excluding hydrogens is 379 g/mol. The van der Waals surface area contributed by atoms with E-state index in [9.17, 15) is 23.6 Å². The van der Waals surface area contributed by atoms with Gasteiger partial charge < -0.3 is 14.8 Å². The van der Waals surface area contributed by atoms with Crippen LogP contribution in [0.25, 0.3) is 0 Å². The van der Waals surface area contributed by atoms with E-state index in [1.165, 1.54) is 37.1 Å². The van der Waals surface area contributed by atoms with E-state index >= 15 is 0 Å². The molecule has 0 unspecified atom stereocenters. The Hall–Kier alpha value is -2.62. The topological polar surface area (TPSA) is 102 Å². The number of hydrogen-bond acceptors (Lipinski definition) is 7. The van der Waals surface area contributed by atoms with Crippen LogP contribution in [0.5, 0.6) is 0 Å². The molecule has 146 valence electrons. The van der Waals surface area contributed by atoms with Crippen molar-refractivity contribution in [2.45, 2.75) is 24.3 Å². The molecule has 0 spiro atoms. The van der Waals surface area contributed by atoms with E-state index in [0.29, 0.717) is 5.69 Å². The molecule has 1 aliphatic heterocycles. The lowest BCUT2D eigenvalue weighted by Gasteiger charge is -2.14.